The van der Waals surface area contributed by atoms with E-state index in [0.29, 0.717) is 43.2 Å². The van der Waals surface area contributed by atoms with Crippen molar-refractivity contribution < 1.29 is 19.4 Å². The van der Waals surface area contributed by atoms with Crippen LogP contribution in [0.15, 0.2) is 18.2 Å². The van der Waals surface area contributed by atoms with Gasteiger partial charge in [0.1, 0.15) is 0 Å². The zero-order valence-electron chi connectivity index (χ0n) is 12.4. The highest BCUT2D eigenvalue weighted by molar-refractivity contribution is 5.86. The highest BCUT2D eigenvalue weighted by Gasteiger charge is 2.07. The minimum Gasteiger partial charge on any atom is -0.453 e. The number of carbonyl (C=O) groups is 1. The zero-order valence-corrected chi connectivity index (χ0v) is 12.4. The normalized spacial score (nSPS) is 11.8. The maximum Gasteiger partial charge on any atom is 0.411 e. The number of aliphatic hydroxyl groups excluding tert-OH is 1. The van der Waals surface area contributed by atoms with Gasteiger partial charge in [-0.15, -0.1) is 0 Å². The molecule has 0 aliphatic heterocycles. The van der Waals surface area contributed by atoms with Crippen molar-refractivity contribution in [2.24, 2.45) is 0 Å². The molecule has 0 saturated heterocycles. The van der Waals surface area contributed by atoms with Gasteiger partial charge in [0.05, 0.1) is 24.6 Å². The van der Waals surface area contributed by atoms with Crippen LogP contribution in [0.4, 0.5) is 21.9 Å². The second kappa shape index (κ2) is 9.04. The van der Waals surface area contributed by atoms with Crippen LogP contribution in [0, 0.1) is 0 Å². The van der Waals surface area contributed by atoms with E-state index in [0.717, 1.165) is 0 Å². The van der Waals surface area contributed by atoms with Crippen molar-refractivity contribution in [1.82, 2.24) is 0 Å². The number of hydrogen-bond acceptors (Lipinski definition) is 6. The smallest absolute Gasteiger partial charge is 0.411 e. The monoisotopic (exact) mass is 297 g/mol. The van der Waals surface area contributed by atoms with Gasteiger partial charge < -0.3 is 25.6 Å². The third kappa shape index (κ3) is 6.33. The van der Waals surface area contributed by atoms with Crippen molar-refractivity contribution in [3.05, 3.63) is 18.2 Å². The van der Waals surface area contributed by atoms with Crippen LogP contribution in [-0.2, 0) is 9.47 Å². The number of anilines is 3. The van der Waals surface area contributed by atoms with E-state index in [1.165, 1.54) is 7.11 Å². The topological polar surface area (TPSA) is 106 Å². The minimum absolute atomic E-state index is 0.376. The Morgan fingerprint density at radius 1 is 1.48 bits per heavy atom. The molecule has 0 heterocycles. The number of hydrogen-bond donors (Lipinski definition) is 4. The van der Waals surface area contributed by atoms with Gasteiger partial charge in [-0.3, -0.25) is 5.32 Å². The second-order valence-electron chi connectivity index (χ2n) is 4.44. The molecule has 0 bridgehead atoms. The van der Waals surface area contributed by atoms with Gasteiger partial charge in [0.25, 0.3) is 0 Å². The number of amides is 1. The summed E-state index contributed by atoms with van der Waals surface area (Å²) in [5.74, 6) is 0. The van der Waals surface area contributed by atoms with Gasteiger partial charge in [-0.05, 0) is 31.5 Å². The summed E-state index contributed by atoms with van der Waals surface area (Å²) in [6.45, 7) is 3.45. The van der Waals surface area contributed by atoms with E-state index in [-0.39, 0.29) is 0 Å². The number of aliphatic hydroxyl groups is 1. The highest BCUT2D eigenvalue weighted by Crippen LogP contribution is 2.22. The molecule has 0 aromatic heterocycles. The highest BCUT2D eigenvalue weighted by atomic mass is 16.5. The van der Waals surface area contributed by atoms with Gasteiger partial charge in [0, 0.05) is 25.4 Å². The lowest BCUT2D eigenvalue weighted by molar-refractivity contribution is 0.0942. The summed E-state index contributed by atoms with van der Waals surface area (Å²) in [7, 11) is 1.29. The van der Waals surface area contributed by atoms with E-state index in [2.05, 4.69) is 15.4 Å². The summed E-state index contributed by atoms with van der Waals surface area (Å²) in [6.07, 6.45) is -0.506. The Bertz CT molecular complexity index is 454. The van der Waals surface area contributed by atoms with E-state index in [1.54, 1.807) is 18.2 Å². The SMILES string of the molecule is CCOCCC(O)CNc1ccc(NC(=O)OC)cc1N. The Morgan fingerprint density at radius 3 is 2.86 bits per heavy atom. The van der Waals surface area contributed by atoms with Crippen LogP contribution in [0.3, 0.4) is 0 Å². The Balaban J connectivity index is 2.47. The van der Waals surface area contributed by atoms with Crippen molar-refractivity contribution >= 4 is 23.2 Å². The summed E-state index contributed by atoms with van der Waals surface area (Å²) in [5.41, 5.74) is 7.60. The van der Waals surface area contributed by atoms with Crippen molar-refractivity contribution in [3.8, 4) is 0 Å². The van der Waals surface area contributed by atoms with Gasteiger partial charge >= 0.3 is 6.09 Å². The Hall–Kier alpha value is -1.99. The minimum atomic E-state index is -0.554. The molecule has 1 aromatic carbocycles. The van der Waals surface area contributed by atoms with Crippen LogP contribution in [-0.4, -0.2) is 44.2 Å². The largest absolute Gasteiger partial charge is 0.453 e. The van der Waals surface area contributed by atoms with Gasteiger partial charge in [-0.1, -0.05) is 0 Å². The summed E-state index contributed by atoms with van der Waals surface area (Å²) >= 11 is 0. The predicted molar refractivity (Wildman–Crippen MR) is 82.5 cm³/mol. The number of nitrogens with two attached hydrogens (primary N) is 1. The molecule has 1 atom stereocenters. The third-order valence-electron chi connectivity index (χ3n) is 2.81. The van der Waals surface area contributed by atoms with Crippen LogP contribution in [0.25, 0.3) is 0 Å². The lowest BCUT2D eigenvalue weighted by atomic mass is 10.2. The maximum atomic E-state index is 11.1. The summed E-state index contributed by atoms with van der Waals surface area (Å²) in [6, 6.07) is 5.05. The summed E-state index contributed by atoms with van der Waals surface area (Å²) in [5, 5.41) is 15.4. The first kappa shape index (κ1) is 17.1. The van der Waals surface area contributed by atoms with E-state index in [9.17, 15) is 9.90 Å². The molecule has 0 saturated carbocycles. The van der Waals surface area contributed by atoms with Crippen LogP contribution >= 0.6 is 0 Å². The molecule has 118 valence electrons. The first-order chi connectivity index (χ1) is 10.1. The van der Waals surface area contributed by atoms with Gasteiger partial charge in [-0.2, -0.15) is 0 Å². The number of rotatable bonds is 8. The molecule has 0 spiro atoms. The molecule has 1 unspecified atom stereocenters. The number of methoxy groups -OCH3 is 1. The molecular weight excluding hydrogens is 274 g/mol. The zero-order chi connectivity index (χ0) is 15.7. The predicted octanol–water partition coefficient (Wildman–Crippen LogP) is 1.65. The number of ether oxygens (including phenoxy) is 2. The summed E-state index contributed by atoms with van der Waals surface area (Å²) < 4.78 is 9.68. The number of nitrogen functional groups attached to an aromatic ring is 1. The molecule has 1 rings (SSSR count). The number of nitrogens with one attached hydrogen (secondary N) is 2. The molecule has 1 amide bonds. The quantitative estimate of drug-likeness (QED) is 0.429. The fourth-order valence-electron chi connectivity index (χ4n) is 1.66. The standard InChI is InChI=1S/C14H23N3O4/c1-3-21-7-6-11(18)9-16-13-5-4-10(8-12(13)15)17-14(19)20-2/h4-5,8,11,16,18H,3,6-7,9,15H2,1-2H3,(H,17,19). The molecule has 7 nitrogen and oxygen atoms in total. The number of benzene rings is 1. The number of carbonyl (C=O) groups excluding carboxylic acids is 1. The van der Waals surface area contributed by atoms with Gasteiger partial charge in [0.15, 0.2) is 0 Å². The first-order valence-corrected chi connectivity index (χ1v) is 6.81. The lowest BCUT2D eigenvalue weighted by Crippen LogP contribution is -2.21. The van der Waals surface area contributed by atoms with Crippen LogP contribution in [0.1, 0.15) is 13.3 Å². The maximum absolute atomic E-state index is 11.1. The Kier molecular flexibility index (Phi) is 7.34. The summed E-state index contributed by atoms with van der Waals surface area (Å²) in [4.78, 5) is 11.1. The molecule has 21 heavy (non-hydrogen) atoms. The van der Waals surface area contributed by atoms with Crippen LogP contribution < -0.4 is 16.4 Å². The molecule has 0 radical (unpaired) electrons. The molecule has 1 aromatic rings. The van der Waals surface area contributed by atoms with Gasteiger partial charge in [-0.25, -0.2) is 4.79 Å². The fraction of sp³-hybridized carbons (Fsp3) is 0.500. The molecule has 0 aliphatic carbocycles. The van der Waals surface area contributed by atoms with E-state index in [1.807, 2.05) is 6.92 Å². The average Bonchev–Trinajstić information content (AvgIpc) is 2.46. The molecule has 5 N–H and O–H groups in total. The van der Waals surface area contributed by atoms with E-state index in [4.69, 9.17) is 10.5 Å². The van der Waals surface area contributed by atoms with E-state index >= 15 is 0 Å². The van der Waals surface area contributed by atoms with Gasteiger partial charge in [0.2, 0.25) is 0 Å². The van der Waals surface area contributed by atoms with Crippen molar-refractivity contribution in [2.45, 2.75) is 19.4 Å². The van der Waals surface area contributed by atoms with E-state index < -0.39 is 12.2 Å². The van der Waals surface area contributed by atoms with Crippen molar-refractivity contribution in [3.63, 3.8) is 0 Å². The van der Waals surface area contributed by atoms with Crippen molar-refractivity contribution in [2.75, 3.05) is 43.2 Å². The van der Waals surface area contributed by atoms with Crippen molar-refractivity contribution in [1.29, 1.82) is 0 Å². The Morgan fingerprint density at radius 2 is 2.24 bits per heavy atom. The Labute approximate surface area is 124 Å². The van der Waals surface area contributed by atoms with Crippen LogP contribution in [0.5, 0.6) is 0 Å². The van der Waals surface area contributed by atoms with Crippen LogP contribution in [0.2, 0.25) is 0 Å². The molecule has 0 fully saturated rings. The third-order valence-corrected chi connectivity index (χ3v) is 2.81. The second-order valence-corrected chi connectivity index (χ2v) is 4.44. The molecule has 0 aliphatic rings. The average molecular weight is 297 g/mol. The fourth-order valence-corrected chi connectivity index (χ4v) is 1.66. The lowest BCUT2D eigenvalue weighted by Gasteiger charge is -2.15. The first-order valence-electron chi connectivity index (χ1n) is 6.81. The molecule has 7 heteroatoms. The molecular formula is C14H23N3O4.